The average molecular weight is 2170 g/mol. The number of amides is 1. The first-order valence-electron chi connectivity index (χ1n) is 41.5. The Morgan fingerprint density at radius 2 is 1.03 bits per heavy atom. The molecule has 8 heterocycles. The van der Waals surface area contributed by atoms with Gasteiger partial charge in [0.1, 0.15) is 58.2 Å². The maximum absolute atomic E-state index is 15.0. The number of nitrogens with one attached hydrogen (secondary N) is 1. The molecule has 1 fully saturated rings. The number of carbonyl (C=O) groups excluding carboxylic acids is 6. The maximum atomic E-state index is 15.0. The van der Waals surface area contributed by atoms with Crippen LogP contribution in [0, 0.1) is 149 Å². The number of nitrogen functional groups attached to an aromatic ring is 1. The molecule has 1 unspecified atom stereocenters. The Bertz CT molecular complexity index is 6280. The summed E-state index contributed by atoms with van der Waals surface area (Å²) in [6.45, 7) is 42.7. The second kappa shape index (κ2) is 76.7. The van der Waals surface area contributed by atoms with Crippen molar-refractivity contribution in [3.8, 4) is 30.3 Å². The van der Waals surface area contributed by atoms with Gasteiger partial charge in [-0.25, -0.2) is 36.6 Å². The summed E-state index contributed by atoms with van der Waals surface area (Å²) in [7, 11) is 14.1. The molecule has 2 aromatic carbocycles. The number of benzene rings is 2. The summed E-state index contributed by atoms with van der Waals surface area (Å²) >= 11 is 14.4. The predicted molar refractivity (Wildman–Crippen MR) is 538 cm³/mol. The van der Waals surface area contributed by atoms with E-state index in [-0.39, 0.29) is 123 Å². The number of aromatic nitrogens is 7. The molecular formula is C95H97Cl3F2N25NaO18S2Zn. The summed E-state index contributed by atoms with van der Waals surface area (Å²) in [6, 6.07) is 37.9. The number of aliphatic imine (C=N–C) groups is 1. The molecule has 1 atom stereocenters. The molecule has 0 aliphatic carbocycles. The van der Waals surface area contributed by atoms with Gasteiger partial charge in [0.2, 0.25) is 6.54 Å². The Morgan fingerprint density at radius 3 is 1.37 bits per heavy atom. The van der Waals surface area contributed by atoms with E-state index in [9.17, 15) is 68.4 Å². The third kappa shape index (κ3) is 49.8. The zero-order valence-corrected chi connectivity index (χ0v) is 89.7. The fourth-order valence-electron chi connectivity index (χ4n) is 11.1. The Balaban J connectivity index is -0.000000795. The van der Waals surface area contributed by atoms with Gasteiger partial charge in [0.15, 0.2) is 22.4 Å². The molecule has 760 valence electrons. The normalized spacial score (nSPS) is 10.5. The monoisotopic (exact) mass is 2170 g/mol. The quantitative estimate of drug-likeness (QED) is 0.00374. The number of aryl methyl sites for hydroxylation is 4. The zero-order valence-electron chi connectivity index (χ0n) is 80.8. The van der Waals surface area contributed by atoms with Crippen LogP contribution < -0.4 is 55.5 Å². The number of esters is 3. The van der Waals surface area contributed by atoms with Gasteiger partial charge in [-0.15, -0.1) is 0 Å². The van der Waals surface area contributed by atoms with E-state index >= 15 is 0 Å². The smallest absolute Gasteiger partial charge is 1.00 e. The van der Waals surface area contributed by atoms with Crippen molar-refractivity contribution < 1.29 is 121 Å². The van der Waals surface area contributed by atoms with E-state index in [4.69, 9.17) is 121 Å². The van der Waals surface area contributed by atoms with Crippen LogP contribution >= 0.6 is 55.4 Å². The number of carbonyl (C=O) groups is 4. The van der Waals surface area contributed by atoms with E-state index in [0.717, 1.165) is 113 Å². The summed E-state index contributed by atoms with van der Waals surface area (Å²) in [5.41, 5.74) is 9.54. The van der Waals surface area contributed by atoms with Crippen LogP contribution in [0.4, 0.5) is 71.3 Å². The van der Waals surface area contributed by atoms with Crippen molar-refractivity contribution >= 4 is 158 Å². The van der Waals surface area contributed by atoms with Gasteiger partial charge in [-0.1, -0.05) is 37.7 Å². The second-order valence-corrected chi connectivity index (χ2v) is 34.5. The van der Waals surface area contributed by atoms with Crippen LogP contribution in [-0.2, 0) is 89.2 Å². The standard InChI is InChI=1S/C22H20FN5OS.C13H16N4.C12H13N3O4.C10H10N2O6.C9H5FN2S.C9H9N3O2.C9H11N3.C5H3ClN2O2.C3H3N.CO2.CH3O.CH4.2ClH.Na.Zn/c1-14-17(25-4)10-11-18(19(14)23)27-20(29)22(2,3)28(21(27)30)16-9-8-15(26-13-16)7-5-6-12-24;1-13(2,15-3)17-12-8-7-11(16-10-12)6-4-5-9-14;1-12(6-7-13-2,11(16)19-3)10-5-4-9(8-14-10)15(17)18;1-17-9(13)8(10(14)18-2)7-4-3-6(5-11-7)12(15)16;1-6-7(11-2)3-4-8(9(6)10)12-5-13;10-6-2-1-3-8-4-5-9(7-11-8)12(13)14;10-6-2-1-3-9-5-4-8(11)7-12-9;6-5-2-1-4(3-7-5)8(9)10;1-2-3-4;2-1-3;1-2;;;;;/h8-11,13H,5-7H2,1-3H3;7-8,10,17H,4-6H2,1-2H3;4-5,8H,6-7H2,1,3H3;3-5,8H,1-2H3;3-4H,1H3;4-5,7H,1-3H2;4-5,7H,1-3,11H2;1-3H;2H,1H2;;1H3;1H4;2*1H;;/q;;;;;;;;;;-1;;;;+1;+2/p-2. The van der Waals surface area contributed by atoms with Gasteiger partial charge in [0, 0.05) is 99.1 Å². The number of halogens is 5. The molecule has 0 radical (unpaired) electrons. The van der Waals surface area contributed by atoms with Crippen LogP contribution in [0.2, 0.25) is 5.15 Å². The van der Waals surface area contributed by atoms with Crippen molar-refractivity contribution in [3.05, 3.63) is 313 Å². The van der Waals surface area contributed by atoms with Crippen molar-refractivity contribution in [1.29, 1.82) is 26.3 Å². The van der Waals surface area contributed by atoms with Crippen LogP contribution in [0.1, 0.15) is 151 Å². The number of nitrogens with two attached hydrogens (primary N) is 1. The summed E-state index contributed by atoms with van der Waals surface area (Å²) in [4.78, 5) is 151. The van der Waals surface area contributed by atoms with Crippen LogP contribution in [0.15, 0.2) is 170 Å². The van der Waals surface area contributed by atoms with Gasteiger partial charge in [0.25, 0.3) is 34.3 Å². The molecule has 43 nitrogen and oxygen atoms in total. The molecule has 1 amide bonds. The molecular weight excluding hydrogens is 2080 g/mol. The summed E-state index contributed by atoms with van der Waals surface area (Å²) in [5, 5.41) is 96.4. The number of rotatable bonds is 28. The number of ether oxygens (including phenoxy) is 3. The topological polar surface area (TPSA) is 609 Å². The number of hydrogen-bond acceptors (Lipinski definition) is 35. The fraction of sp³-hybridized carbons (Fsp3) is 0.316. The number of allylic oxidation sites excluding steroid dienone is 1. The van der Waals surface area contributed by atoms with Gasteiger partial charge >= 0.3 is 88.1 Å². The minimum Gasteiger partial charge on any atom is 1.00 e. The number of unbranched alkanes of at least 4 members (excludes halogenated alkanes) is 4. The van der Waals surface area contributed by atoms with Crippen molar-refractivity contribution in [1.82, 2.24) is 34.9 Å². The molecule has 147 heavy (non-hydrogen) atoms. The number of methoxy groups -OCH3 is 3. The number of nitro groups is 4. The van der Waals surface area contributed by atoms with E-state index in [1.807, 2.05) is 56.3 Å². The summed E-state index contributed by atoms with van der Waals surface area (Å²) < 4.78 is 41.9. The van der Waals surface area contributed by atoms with Crippen molar-refractivity contribution in [2.75, 3.05) is 55.8 Å². The van der Waals surface area contributed by atoms with Gasteiger partial charge in [0.05, 0.1) is 142 Å². The summed E-state index contributed by atoms with van der Waals surface area (Å²) in [5.74, 6) is -5.06. The molecule has 52 heteroatoms. The van der Waals surface area contributed by atoms with Gasteiger partial charge in [-0.3, -0.25) is 99.3 Å². The molecule has 0 bridgehead atoms. The van der Waals surface area contributed by atoms with E-state index in [2.05, 4.69) is 116 Å². The van der Waals surface area contributed by atoms with Crippen molar-refractivity contribution in [3.63, 3.8) is 0 Å². The van der Waals surface area contributed by atoms with E-state index < -0.39 is 86.9 Å². The molecule has 10 rings (SSSR count). The average Bonchev–Trinajstić information content (AvgIpc) is 1.58. The Morgan fingerprint density at radius 1 is 0.626 bits per heavy atom. The Labute approximate surface area is 900 Å². The minimum atomic E-state index is -1.35. The molecule has 1 saturated heterocycles. The molecule has 0 spiro atoms. The number of anilines is 4. The van der Waals surface area contributed by atoms with E-state index in [1.165, 1.54) is 98.8 Å². The third-order valence-corrected chi connectivity index (χ3v) is 19.1. The SMILES string of the molecule is C.C=CC#N.COC(=O)C(C(=O)OC)c1ccc([N+](=O)[O-])cn1.C[O-].N#CCCCc1ccc(N)cn1.N#CCCCc1ccc([N+](=O)[O-])cn1.O=C=O.O=[N+]([O-])c1ccc(Cl)nc1.[C-]#[N+]C(C)(C)Nc1ccc(CCCC#N)nc1.[C-]#[N+]CCC(C)(C(=O)OC)c1ccc([N+](=O)[O-])cn1.[C-]#[N+]c1ccc(N2C(=O)C(C)(C)N(c3ccc(CCCC#N)nc3)C2=S)c(F)c1C.[C-]#[N+]c1ccc(N=C=S)c(F)c1C.[Cl][Zn][Cl].[Na+]. The number of nitrogens with zero attached hydrogens (tertiary/aromatic N) is 23. The number of nitriles is 5. The van der Waals surface area contributed by atoms with Crippen LogP contribution in [0.25, 0.3) is 19.4 Å². The first-order valence-corrected chi connectivity index (χ1v) is 50.5. The maximum Gasteiger partial charge on any atom is 1.00 e. The Hall–Kier alpha value is -15.9. The van der Waals surface area contributed by atoms with Crippen LogP contribution in [0.3, 0.4) is 0 Å². The number of pyridine rings is 7. The predicted octanol–water partition coefficient (Wildman–Crippen LogP) is 16.5. The van der Waals surface area contributed by atoms with Crippen LogP contribution in [0.5, 0.6) is 0 Å². The largest absolute Gasteiger partial charge is 1.00 e. The molecule has 0 saturated carbocycles. The summed E-state index contributed by atoms with van der Waals surface area (Å²) in [6.07, 6.45) is 19.4. The van der Waals surface area contributed by atoms with Crippen LogP contribution in [-0.4, -0.2) is 141 Å². The number of thiocarbonyl (C=S) groups is 2. The van der Waals surface area contributed by atoms with E-state index in [1.54, 1.807) is 56.4 Å². The van der Waals surface area contributed by atoms with Crippen molar-refractivity contribution in [2.24, 2.45) is 4.99 Å². The second-order valence-electron chi connectivity index (χ2n) is 29.0. The molecule has 3 N–H and O–H groups in total. The van der Waals surface area contributed by atoms with Gasteiger partial charge < -0.3 is 40.1 Å². The first-order chi connectivity index (χ1) is 69.0. The molecule has 7 aromatic heterocycles. The number of hydrogen-bond donors (Lipinski definition) is 2. The fourth-order valence-corrected chi connectivity index (χ4v) is 11.8. The zero-order chi connectivity index (χ0) is 110. The number of isothiocyanates is 1. The van der Waals surface area contributed by atoms with Gasteiger partial charge in [-0.05, 0) is 194 Å². The van der Waals surface area contributed by atoms with E-state index in [0.29, 0.717) is 66.8 Å². The molecule has 1 aliphatic heterocycles. The van der Waals surface area contributed by atoms with Gasteiger partial charge in [-0.2, -0.15) is 48.0 Å². The first kappa shape index (κ1) is 137. The minimum absolute atomic E-state index is 0. The molecule has 9 aromatic rings. The van der Waals surface area contributed by atoms with Crippen molar-refractivity contribution in [2.45, 2.75) is 162 Å². The third-order valence-electron chi connectivity index (χ3n) is 18.4. The molecule has 1 aliphatic rings. The Kier molecular flexibility index (Phi) is 71.7.